The Morgan fingerprint density at radius 2 is 1.86 bits per heavy atom. The fourth-order valence-corrected chi connectivity index (χ4v) is 2.31. The number of nitrogens with one attached hydrogen (secondary N) is 1. The molecule has 0 amide bonds. The van der Waals surface area contributed by atoms with E-state index in [0.717, 1.165) is 24.9 Å². The third-order valence-electron chi connectivity index (χ3n) is 3.33. The number of hydrogen-bond donors (Lipinski definition) is 1. The molecule has 0 saturated carbocycles. The summed E-state index contributed by atoms with van der Waals surface area (Å²) in [5.74, 6) is 4.66. The Morgan fingerprint density at radius 3 is 2.38 bits per heavy atom. The summed E-state index contributed by atoms with van der Waals surface area (Å²) in [7, 11) is 4.86. The zero-order valence-electron chi connectivity index (χ0n) is 13.4. The minimum atomic E-state index is 0.135. The molecule has 21 heavy (non-hydrogen) atoms. The van der Waals surface area contributed by atoms with E-state index in [1.165, 1.54) is 0 Å². The second-order valence-electron chi connectivity index (χ2n) is 4.67. The first-order valence-electron chi connectivity index (χ1n) is 7.19. The minimum absolute atomic E-state index is 0.135. The van der Waals surface area contributed by atoms with Crippen LogP contribution in [0.5, 0.6) is 17.2 Å². The molecule has 1 rings (SSSR count). The Kier molecular flexibility index (Phi) is 7.49. The van der Waals surface area contributed by atoms with Crippen molar-refractivity contribution < 1.29 is 14.2 Å². The summed E-state index contributed by atoms with van der Waals surface area (Å²) in [6.45, 7) is 3.06. The van der Waals surface area contributed by atoms with Gasteiger partial charge in [0.2, 0.25) is 5.75 Å². The summed E-state index contributed by atoms with van der Waals surface area (Å²) in [5.41, 5.74) is 1.04. The Hall–Kier alpha value is -1.86. The molecule has 116 valence electrons. The van der Waals surface area contributed by atoms with Crippen LogP contribution in [-0.2, 0) is 0 Å². The topological polar surface area (TPSA) is 39.7 Å². The van der Waals surface area contributed by atoms with Crippen LogP contribution < -0.4 is 19.5 Å². The van der Waals surface area contributed by atoms with Gasteiger partial charge in [0.05, 0.1) is 21.3 Å². The van der Waals surface area contributed by atoms with Crippen LogP contribution in [0.3, 0.4) is 0 Å². The Bertz CT molecular complexity index is 480. The molecule has 1 atom stereocenters. The van der Waals surface area contributed by atoms with Crippen LogP contribution in [-0.4, -0.2) is 27.9 Å². The Balaban J connectivity index is 3.19. The quantitative estimate of drug-likeness (QED) is 0.709. The van der Waals surface area contributed by atoms with Gasteiger partial charge in [0.15, 0.2) is 11.5 Å². The monoisotopic (exact) mass is 291 g/mol. The fourth-order valence-electron chi connectivity index (χ4n) is 2.31. The molecule has 1 N–H and O–H groups in total. The van der Waals surface area contributed by atoms with E-state index in [-0.39, 0.29) is 6.04 Å². The predicted octanol–water partition coefficient (Wildman–Crippen LogP) is 3.17. The molecule has 0 spiro atoms. The van der Waals surface area contributed by atoms with Crippen LogP contribution >= 0.6 is 0 Å². The Morgan fingerprint density at radius 1 is 1.14 bits per heavy atom. The largest absolute Gasteiger partial charge is 0.493 e. The lowest BCUT2D eigenvalue weighted by molar-refractivity contribution is 0.318. The fraction of sp³-hybridized carbons (Fsp3) is 0.529. The highest BCUT2D eigenvalue weighted by atomic mass is 16.5. The van der Waals surface area contributed by atoms with Crippen LogP contribution in [0.2, 0.25) is 0 Å². The summed E-state index contributed by atoms with van der Waals surface area (Å²) in [6.07, 6.45) is 8.02. The molecule has 1 aromatic rings. The molecule has 4 heteroatoms. The molecule has 0 aliphatic heterocycles. The van der Waals surface area contributed by atoms with Gasteiger partial charge in [0.25, 0.3) is 0 Å². The van der Waals surface area contributed by atoms with E-state index in [2.05, 4.69) is 18.2 Å². The van der Waals surface area contributed by atoms with E-state index >= 15 is 0 Å². The highest BCUT2D eigenvalue weighted by molar-refractivity contribution is 5.56. The smallest absolute Gasteiger partial charge is 0.203 e. The highest BCUT2D eigenvalue weighted by Crippen LogP contribution is 2.42. The molecular weight excluding hydrogens is 266 g/mol. The van der Waals surface area contributed by atoms with E-state index in [1.807, 2.05) is 12.1 Å². The van der Waals surface area contributed by atoms with Gasteiger partial charge in [-0.2, -0.15) is 0 Å². The van der Waals surface area contributed by atoms with Crippen molar-refractivity contribution in [1.29, 1.82) is 0 Å². The van der Waals surface area contributed by atoms with E-state index in [0.29, 0.717) is 23.7 Å². The van der Waals surface area contributed by atoms with Gasteiger partial charge in [-0.15, -0.1) is 12.3 Å². The van der Waals surface area contributed by atoms with E-state index < -0.39 is 0 Å². The molecule has 0 saturated heterocycles. The van der Waals surface area contributed by atoms with Gasteiger partial charge in [-0.1, -0.05) is 6.92 Å². The van der Waals surface area contributed by atoms with Crippen LogP contribution in [0.15, 0.2) is 12.1 Å². The van der Waals surface area contributed by atoms with Crippen LogP contribution in [0.4, 0.5) is 0 Å². The van der Waals surface area contributed by atoms with Crippen molar-refractivity contribution in [1.82, 2.24) is 5.32 Å². The van der Waals surface area contributed by atoms with Gasteiger partial charge in [-0.25, -0.2) is 0 Å². The van der Waals surface area contributed by atoms with Gasteiger partial charge in [0, 0.05) is 18.0 Å². The molecule has 0 radical (unpaired) electrons. The van der Waals surface area contributed by atoms with Crippen molar-refractivity contribution in [2.24, 2.45) is 0 Å². The molecular formula is C17H25NO3. The lowest BCUT2D eigenvalue weighted by Crippen LogP contribution is -2.22. The van der Waals surface area contributed by atoms with Crippen LogP contribution in [0.25, 0.3) is 0 Å². The van der Waals surface area contributed by atoms with Gasteiger partial charge < -0.3 is 19.5 Å². The molecule has 0 aliphatic rings. The van der Waals surface area contributed by atoms with Crippen LogP contribution in [0, 0.1) is 12.3 Å². The first-order chi connectivity index (χ1) is 10.2. The summed E-state index contributed by atoms with van der Waals surface area (Å²) in [4.78, 5) is 0. The summed E-state index contributed by atoms with van der Waals surface area (Å²) in [5, 5.41) is 3.51. The van der Waals surface area contributed by atoms with E-state index in [1.54, 1.807) is 21.3 Å². The van der Waals surface area contributed by atoms with Gasteiger partial charge in [-0.05, 0) is 31.5 Å². The van der Waals surface area contributed by atoms with Crippen molar-refractivity contribution in [3.63, 3.8) is 0 Å². The average Bonchev–Trinajstić information content (AvgIpc) is 2.53. The first kappa shape index (κ1) is 17.2. The maximum absolute atomic E-state index is 5.55. The predicted molar refractivity (Wildman–Crippen MR) is 85.2 cm³/mol. The van der Waals surface area contributed by atoms with Crippen molar-refractivity contribution in [3.8, 4) is 29.6 Å². The molecule has 0 bridgehead atoms. The molecule has 0 heterocycles. The SMILES string of the molecule is C#CCCC(NCCC)c1ccc(OC)c(OC)c1OC. The first-order valence-corrected chi connectivity index (χ1v) is 7.19. The molecule has 4 nitrogen and oxygen atoms in total. The lowest BCUT2D eigenvalue weighted by atomic mass is 10.00. The van der Waals surface area contributed by atoms with E-state index in [4.69, 9.17) is 20.6 Å². The number of terminal acetylenes is 1. The van der Waals surface area contributed by atoms with Crippen molar-refractivity contribution in [3.05, 3.63) is 17.7 Å². The maximum atomic E-state index is 5.55. The number of methoxy groups -OCH3 is 3. The van der Waals surface area contributed by atoms with Crippen LogP contribution in [0.1, 0.15) is 37.8 Å². The third kappa shape index (κ3) is 4.30. The number of benzene rings is 1. The lowest BCUT2D eigenvalue weighted by Gasteiger charge is -2.23. The maximum Gasteiger partial charge on any atom is 0.203 e. The van der Waals surface area contributed by atoms with Gasteiger partial charge in [0.1, 0.15) is 0 Å². The van der Waals surface area contributed by atoms with Gasteiger partial charge >= 0.3 is 0 Å². The number of hydrogen-bond acceptors (Lipinski definition) is 4. The summed E-state index contributed by atoms with van der Waals surface area (Å²) in [6, 6.07) is 4.03. The standard InChI is InChI=1S/C17H25NO3/c1-6-8-9-14(18-12-7-2)13-10-11-15(19-3)17(21-5)16(13)20-4/h1,10-11,14,18H,7-9,12H2,2-5H3. The third-order valence-corrected chi connectivity index (χ3v) is 3.33. The number of rotatable bonds is 9. The molecule has 0 aromatic heterocycles. The van der Waals surface area contributed by atoms with Gasteiger partial charge in [-0.3, -0.25) is 0 Å². The Labute approximate surface area is 127 Å². The second kappa shape index (κ2) is 9.15. The second-order valence-corrected chi connectivity index (χ2v) is 4.67. The minimum Gasteiger partial charge on any atom is -0.493 e. The molecule has 0 fully saturated rings. The zero-order chi connectivity index (χ0) is 15.7. The van der Waals surface area contributed by atoms with E-state index in [9.17, 15) is 0 Å². The summed E-state index contributed by atoms with van der Waals surface area (Å²) >= 11 is 0. The normalized spacial score (nSPS) is 11.6. The number of ether oxygens (including phenoxy) is 3. The van der Waals surface area contributed by atoms with Crippen molar-refractivity contribution >= 4 is 0 Å². The van der Waals surface area contributed by atoms with Crippen molar-refractivity contribution in [2.45, 2.75) is 32.2 Å². The average molecular weight is 291 g/mol. The van der Waals surface area contributed by atoms with Crippen molar-refractivity contribution in [2.75, 3.05) is 27.9 Å². The molecule has 0 aliphatic carbocycles. The summed E-state index contributed by atoms with van der Waals surface area (Å²) < 4.78 is 16.3. The zero-order valence-corrected chi connectivity index (χ0v) is 13.4. The molecule has 1 aromatic carbocycles. The molecule has 1 unspecified atom stereocenters. The highest BCUT2D eigenvalue weighted by Gasteiger charge is 2.21.